The number of carbonyl (C=O) groups is 2. The first kappa shape index (κ1) is 25.7. The van der Waals surface area contributed by atoms with Crippen molar-refractivity contribution in [2.45, 2.75) is 45.1 Å². The lowest BCUT2D eigenvalue weighted by Crippen LogP contribution is -2.49. The predicted molar refractivity (Wildman–Crippen MR) is 143 cm³/mol. The van der Waals surface area contributed by atoms with Crippen LogP contribution in [-0.2, 0) is 22.2 Å². The standard InChI is InChI=1S/C28H27Cl2N3O3/c1-16-15-32-23(25(34)35)24-20(16)11-12-33(24)28(26(31)36,19-9-10-21(29)22(30)13-19)14-17-5-7-18(8-6-17)27(2,3)4/h5-13,15H,14H2,1-4H3,(H2,31,36)(H,34,35). The Bertz CT molecular complexity index is 1490. The first-order valence-corrected chi connectivity index (χ1v) is 12.2. The van der Waals surface area contributed by atoms with Gasteiger partial charge in [-0.3, -0.25) is 4.79 Å². The van der Waals surface area contributed by atoms with Gasteiger partial charge in [0.15, 0.2) is 11.2 Å². The molecular weight excluding hydrogens is 497 g/mol. The van der Waals surface area contributed by atoms with E-state index >= 15 is 0 Å². The Labute approximate surface area is 219 Å². The molecule has 2 heterocycles. The second kappa shape index (κ2) is 9.26. The molecule has 0 aliphatic heterocycles. The normalized spacial score (nSPS) is 13.5. The molecule has 1 atom stereocenters. The highest BCUT2D eigenvalue weighted by Crippen LogP contribution is 2.38. The Balaban J connectivity index is 2.05. The summed E-state index contributed by atoms with van der Waals surface area (Å²) in [4.78, 5) is 29.8. The van der Waals surface area contributed by atoms with Crippen molar-refractivity contribution in [2.75, 3.05) is 0 Å². The third-order valence-corrected chi connectivity index (χ3v) is 7.36. The molecule has 1 unspecified atom stereocenters. The fourth-order valence-electron chi connectivity index (χ4n) is 4.60. The van der Waals surface area contributed by atoms with Crippen LogP contribution in [-0.4, -0.2) is 26.5 Å². The van der Waals surface area contributed by atoms with Gasteiger partial charge in [-0.1, -0.05) is 74.3 Å². The second-order valence-electron chi connectivity index (χ2n) is 10.0. The first-order chi connectivity index (χ1) is 16.9. The number of amides is 1. The number of carboxylic acids is 1. The van der Waals surface area contributed by atoms with E-state index in [4.69, 9.17) is 28.9 Å². The van der Waals surface area contributed by atoms with Gasteiger partial charge < -0.3 is 15.4 Å². The van der Waals surface area contributed by atoms with E-state index in [9.17, 15) is 14.7 Å². The van der Waals surface area contributed by atoms with E-state index in [1.807, 2.05) is 31.2 Å². The number of carbonyl (C=O) groups excluding carboxylic acids is 1. The Kier molecular flexibility index (Phi) is 6.62. The lowest BCUT2D eigenvalue weighted by atomic mass is 9.81. The van der Waals surface area contributed by atoms with Gasteiger partial charge in [-0.15, -0.1) is 0 Å². The molecule has 1 amide bonds. The number of aromatic nitrogens is 2. The van der Waals surface area contributed by atoms with Gasteiger partial charge >= 0.3 is 5.97 Å². The zero-order valence-corrected chi connectivity index (χ0v) is 22.0. The number of hydrogen-bond acceptors (Lipinski definition) is 3. The Morgan fingerprint density at radius 3 is 2.19 bits per heavy atom. The maximum Gasteiger partial charge on any atom is 0.356 e. The summed E-state index contributed by atoms with van der Waals surface area (Å²) in [7, 11) is 0. The predicted octanol–water partition coefficient (Wildman–Crippen LogP) is 6.12. The fourth-order valence-corrected chi connectivity index (χ4v) is 4.90. The van der Waals surface area contributed by atoms with Gasteiger partial charge in [-0.25, -0.2) is 9.78 Å². The van der Waals surface area contributed by atoms with Crippen LogP contribution in [0.3, 0.4) is 0 Å². The molecule has 4 aromatic rings. The fraction of sp³-hybridized carbons (Fsp3) is 0.250. The number of halogens is 2. The van der Waals surface area contributed by atoms with E-state index in [0.717, 1.165) is 16.7 Å². The third-order valence-electron chi connectivity index (χ3n) is 6.62. The average Bonchev–Trinajstić information content (AvgIpc) is 3.25. The number of benzene rings is 2. The van der Waals surface area contributed by atoms with Crippen molar-refractivity contribution in [1.82, 2.24) is 9.55 Å². The number of carboxylic acid groups (broad SMARTS) is 1. The number of primary amides is 1. The van der Waals surface area contributed by atoms with Crippen LogP contribution in [0.2, 0.25) is 10.0 Å². The van der Waals surface area contributed by atoms with Crippen molar-refractivity contribution in [3.63, 3.8) is 0 Å². The minimum atomic E-state index is -1.51. The van der Waals surface area contributed by atoms with Crippen molar-refractivity contribution in [3.8, 4) is 0 Å². The topological polar surface area (TPSA) is 98.2 Å². The van der Waals surface area contributed by atoms with E-state index in [1.165, 1.54) is 6.20 Å². The minimum absolute atomic E-state index is 0.0424. The van der Waals surface area contributed by atoms with Crippen LogP contribution in [0.4, 0.5) is 0 Å². The van der Waals surface area contributed by atoms with Gasteiger partial charge in [0.05, 0.1) is 15.6 Å². The quantitative estimate of drug-likeness (QED) is 0.318. The van der Waals surface area contributed by atoms with Crippen molar-refractivity contribution in [1.29, 1.82) is 0 Å². The van der Waals surface area contributed by atoms with Crippen LogP contribution in [0.1, 0.15) is 53.5 Å². The number of rotatable bonds is 6. The molecule has 0 aliphatic rings. The number of hydrogen-bond donors (Lipinski definition) is 2. The molecule has 0 saturated carbocycles. The summed E-state index contributed by atoms with van der Waals surface area (Å²) in [6.45, 7) is 8.21. The van der Waals surface area contributed by atoms with Gasteiger partial charge in [0, 0.05) is 24.2 Å². The van der Waals surface area contributed by atoms with Crippen LogP contribution in [0.5, 0.6) is 0 Å². The van der Waals surface area contributed by atoms with E-state index in [-0.39, 0.29) is 22.6 Å². The maximum absolute atomic E-state index is 13.5. The molecule has 186 valence electrons. The molecule has 0 fully saturated rings. The maximum atomic E-state index is 13.5. The molecule has 0 saturated heterocycles. The molecule has 0 radical (unpaired) electrons. The number of pyridine rings is 1. The second-order valence-corrected chi connectivity index (χ2v) is 10.8. The first-order valence-electron chi connectivity index (χ1n) is 11.4. The molecule has 2 aromatic heterocycles. The summed E-state index contributed by atoms with van der Waals surface area (Å²) in [5, 5.41) is 11.2. The van der Waals surface area contributed by atoms with Gasteiger partial charge in [0.2, 0.25) is 5.91 Å². The molecule has 0 spiro atoms. The lowest BCUT2D eigenvalue weighted by Gasteiger charge is -2.35. The summed E-state index contributed by atoms with van der Waals surface area (Å²) in [5.74, 6) is -1.88. The molecule has 3 N–H and O–H groups in total. The number of nitrogens with zero attached hydrogens (tertiary/aromatic N) is 2. The van der Waals surface area contributed by atoms with Gasteiger partial charge in [-0.05, 0) is 52.8 Å². The zero-order chi connectivity index (χ0) is 26.4. The van der Waals surface area contributed by atoms with Crippen molar-refractivity contribution < 1.29 is 14.7 Å². The van der Waals surface area contributed by atoms with Crippen molar-refractivity contribution in [2.24, 2.45) is 5.73 Å². The lowest BCUT2D eigenvalue weighted by molar-refractivity contribution is -0.124. The largest absolute Gasteiger partial charge is 0.476 e. The van der Waals surface area contributed by atoms with Gasteiger partial charge in [-0.2, -0.15) is 0 Å². The Morgan fingerprint density at radius 2 is 1.64 bits per heavy atom. The van der Waals surface area contributed by atoms with Crippen LogP contribution in [0.15, 0.2) is 60.9 Å². The summed E-state index contributed by atoms with van der Waals surface area (Å²) in [6, 6.07) is 14.7. The highest BCUT2D eigenvalue weighted by Gasteiger charge is 2.43. The molecule has 6 nitrogen and oxygen atoms in total. The number of aryl methyl sites for hydroxylation is 1. The van der Waals surface area contributed by atoms with E-state index < -0.39 is 17.4 Å². The summed E-state index contributed by atoms with van der Waals surface area (Å²) >= 11 is 12.6. The molecule has 0 bridgehead atoms. The summed E-state index contributed by atoms with van der Waals surface area (Å²) < 4.78 is 1.62. The molecule has 8 heteroatoms. The number of nitrogens with two attached hydrogens (primary N) is 1. The molecule has 4 rings (SSSR count). The van der Waals surface area contributed by atoms with Crippen LogP contribution < -0.4 is 5.73 Å². The van der Waals surface area contributed by atoms with Crippen molar-refractivity contribution >= 4 is 46.0 Å². The van der Waals surface area contributed by atoms with Crippen LogP contribution >= 0.6 is 23.2 Å². The molecule has 0 aliphatic carbocycles. The van der Waals surface area contributed by atoms with E-state index in [0.29, 0.717) is 21.5 Å². The average molecular weight is 524 g/mol. The third kappa shape index (κ3) is 4.36. The SMILES string of the molecule is Cc1cnc(C(=O)O)c2c1ccn2C(Cc1ccc(C(C)(C)C)cc1)(C(N)=O)c1ccc(Cl)c(Cl)c1. The monoisotopic (exact) mass is 523 g/mol. The zero-order valence-electron chi connectivity index (χ0n) is 20.5. The summed E-state index contributed by atoms with van der Waals surface area (Å²) in [6.07, 6.45) is 3.34. The summed E-state index contributed by atoms with van der Waals surface area (Å²) in [5.41, 5.74) is 8.00. The smallest absolute Gasteiger partial charge is 0.356 e. The minimum Gasteiger partial charge on any atom is -0.476 e. The highest BCUT2D eigenvalue weighted by atomic mass is 35.5. The highest BCUT2D eigenvalue weighted by molar-refractivity contribution is 6.42. The Hall–Kier alpha value is -3.35. The van der Waals surface area contributed by atoms with E-state index in [1.54, 1.807) is 35.0 Å². The van der Waals surface area contributed by atoms with Crippen LogP contribution in [0.25, 0.3) is 10.9 Å². The number of fused-ring (bicyclic) bond motifs is 1. The van der Waals surface area contributed by atoms with Crippen molar-refractivity contribution in [3.05, 3.63) is 98.9 Å². The molecule has 2 aromatic carbocycles. The molecular formula is C28H27Cl2N3O3. The number of aromatic carboxylic acids is 1. The van der Waals surface area contributed by atoms with E-state index in [2.05, 4.69) is 25.8 Å². The van der Waals surface area contributed by atoms with Crippen LogP contribution in [0, 0.1) is 6.92 Å². The Morgan fingerprint density at radius 1 is 1.00 bits per heavy atom. The molecule has 36 heavy (non-hydrogen) atoms. The van der Waals surface area contributed by atoms with Gasteiger partial charge in [0.25, 0.3) is 0 Å². The van der Waals surface area contributed by atoms with Gasteiger partial charge in [0.1, 0.15) is 0 Å².